The van der Waals surface area contributed by atoms with Gasteiger partial charge < -0.3 is 4.57 Å². The fourth-order valence-electron chi connectivity index (χ4n) is 3.43. The second-order valence-electron chi connectivity index (χ2n) is 6.41. The summed E-state index contributed by atoms with van der Waals surface area (Å²) in [7, 11) is 0. The topological polar surface area (TPSA) is 22.0 Å². The van der Waals surface area contributed by atoms with Crippen LogP contribution in [0.15, 0.2) is 6.07 Å². The molecule has 0 spiro atoms. The van der Waals surface area contributed by atoms with Gasteiger partial charge in [-0.25, -0.2) is 0 Å². The van der Waals surface area contributed by atoms with Crippen LogP contribution in [0, 0.1) is 25.7 Å². The molecule has 0 atom stereocenters. The lowest BCUT2D eigenvalue weighted by atomic mass is 9.81. The highest BCUT2D eigenvalue weighted by Gasteiger charge is 2.19. The van der Waals surface area contributed by atoms with Crippen molar-refractivity contribution in [3.05, 3.63) is 23.0 Å². The van der Waals surface area contributed by atoms with Gasteiger partial charge in [0.1, 0.15) is 0 Å². The lowest BCUT2D eigenvalue weighted by Gasteiger charge is -2.26. The summed E-state index contributed by atoms with van der Waals surface area (Å²) < 4.78 is 2.29. The molecule has 2 rings (SSSR count). The number of hydrogen-bond donors (Lipinski definition) is 0. The first-order valence-corrected chi connectivity index (χ1v) is 8.32. The van der Waals surface area contributed by atoms with Crippen LogP contribution in [0.1, 0.15) is 60.8 Å². The summed E-state index contributed by atoms with van der Waals surface area (Å²) >= 11 is 5.67. The second kappa shape index (κ2) is 6.80. The Morgan fingerprint density at radius 3 is 2.55 bits per heavy atom. The number of aryl methyl sites for hydroxylation is 1. The maximum atomic E-state index is 11.8. The Bertz CT molecular complexity index is 470. The third-order valence-electron chi connectivity index (χ3n) is 4.89. The highest BCUT2D eigenvalue weighted by molar-refractivity contribution is 6.30. The highest BCUT2D eigenvalue weighted by Crippen LogP contribution is 2.31. The molecule has 1 aliphatic rings. The van der Waals surface area contributed by atoms with Crippen molar-refractivity contribution in [1.29, 1.82) is 0 Å². The summed E-state index contributed by atoms with van der Waals surface area (Å²) in [5.74, 6) is 1.89. The van der Waals surface area contributed by atoms with E-state index in [2.05, 4.69) is 18.4 Å². The van der Waals surface area contributed by atoms with Gasteiger partial charge in [-0.3, -0.25) is 4.79 Å². The number of hydrogen-bond acceptors (Lipinski definition) is 1. The molecule has 3 heteroatoms. The zero-order chi connectivity index (χ0) is 14.7. The van der Waals surface area contributed by atoms with Gasteiger partial charge in [-0.05, 0) is 38.2 Å². The van der Waals surface area contributed by atoms with E-state index in [1.54, 1.807) is 0 Å². The van der Waals surface area contributed by atoms with Crippen molar-refractivity contribution >= 4 is 17.4 Å². The summed E-state index contributed by atoms with van der Waals surface area (Å²) in [5, 5.41) is 0. The summed E-state index contributed by atoms with van der Waals surface area (Å²) in [4.78, 5) is 11.8. The quantitative estimate of drug-likeness (QED) is 0.568. The Balaban J connectivity index is 1.99. The van der Waals surface area contributed by atoms with Gasteiger partial charge in [-0.1, -0.05) is 32.6 Å². The fraction of sp³-hybridized carbons (Fsp3) is 0.706. The minimum absolute atomic E-state index is 0.0394. The predicted molar refractivity (Wildman–Crippen MR) is 84.7 cm³/mol. The summed E-state index contributed by atoms with van der Waals surface area (Å²) in [6, 6.07) is 1.99. The van der Waals surface area contributed by atoms with Crippen molar-refractivity contribution in [1.82, 2.24) is 4.57 Å². The van der Waals surface area contributed by atoms with Gasteiger partial charge in [0.15, 0.2) is 5.78 Å². The van der Waals surface area contributed by atoms with Gasteiger partial charge in [0.05, 0.1) is 5.88 Å². The number of Topliss-reactive ketones (excluding diaryl/α,β-unsaturated/α-hetero) is 1. The zero-order valence-corrected chi connectivity index (χ0v) is 13.7. The maximum absolute atomic E-state index is 11.8. The van der Waals surface area contributed by atoms with Crippen LogP contribution in [0.25, 0.3) is 0 Å². The normalized spacial score (nSPS) is 23.0. The minimum Gasteiger partial charge on any atom is -0.348 e. The molecular weight excluding hydrogens is 270 g/mol. The van der Waals surface area contributed by atoms with E-state index >= 15 is 0 Å². The minimum atomic E-state index is 0.0394. The van der Waals surface area contributed by atoms with Crippen LogP contribution in [-0.2, 0) is 6.54 Å². The average molecular weight is 296 g/mol. The molecule has 0 amide bonds. The zero-order valence-electron chi connectivity index (χ0n) is 12.9. The Morgan fingerprint density at radius 1 is 1.30 bits per heavy atom. The van der Waals surface area contributed by atoms with E-state index in [4.69, 9.17) is 11.6 Å². The number of halogens is 1. The molecule has 1 fully saturated rings. The van der Waals surface area contributed by atoms with Crippen LogP contribution < -0.4 is 0 Å². The van der Waals surface area contributed by atoms with Crippen LogP contribution >= 0.6 is 11.6 Å². The van der Waals surface area contributed by atoms with E-state index in [-0.39, 0.29) is 11.7 Å². The van der Waals surface area contributed by atoms with E-state index in [1.807, 2.05) is 13.0 Å². The lowest BCUT2D eigenvalue weighted by Crippen LogP contribution is -2.15. The molecular formula is C17H26ClNO. The molecule has 0 saturated heterocycles. The average Bonchev–Trinajstić information content (AvgIpc) is 2.73. The van der Waals surface area contributed by atoms with Crippen molar-refractivity contribution in [3.63, 3.8) is 0 Å². The van der Waals surface area contributed by atoms with Crippen molar-refractivity contribution < 1.29 is 4.79 Å². The standard InChI is InChI=1S/C17H26ClNO/c1-12-4-6-15(7-5-12)8-9-19-13(2)10-16(14(19)3)17(20)11-18/h10,12,15H,4-9,11H2,1-3H3. The van der Waals surface area contributed by atoms with E-state index in [0.29, 0.717) is 0 Å². The Morgan fingerprint density at radius 2 is 1.95 bits per heavy atom. The monoisotopic (exact) mass is 295 g/mol. The number of aromatic nitrogens is 1. The van der Waals surface area contributed by atoms with Gasteiger partial charge in [-0.15, -0.1) is 11.6 Å². The number of rotatable bonds is 5. The first-order chi connectivity index (χ1) is 9.52. The van der Waals surface area contributed by atoms with Crippen LogP contribution in [0.2, 0.25) is 0 Å². The van der Waals surface area contributed by atoms with Crippen molar-refractivity contribution in [2.75, 3.05) is 5.88 Å². The summed E-state index contributed by atoms with van der Waals surface area (Å²) in [5.41, 5.74) is 3.06. The Labute approximate surface area is 127 Å². The molecule has 0 bridgehead atoms. The molecule has 0 unspecified atom stereocenters. The second-order valence-corrected chi connectivity index (χ2v) is 6.68. The molecule has 1 aromatic heterocycles. The Hall–Kier alpha value is -0.760. The van der Waals surface area contributed by atoms with E-state index in [1.165, 1.54) is 37.8 Å². The molecule has 1 aliphatic carbocycles. The van der Waals surface area contributed by atoms with Crippen LogP contribution in [0.4, 0.5) is 0 Å². The number of ketones is 1. The SMILES string of the molecule is Cc1cc(C(=O)CCl)c(C)n1CCC1CCC(C)CC1. The number of carbonyl (C=O) groups excluding carboxylic acids is 1. The first kappa shape index (κ1) is 15.6. The molecule has 0 radical (unpaired) electrons. The number of nitrogens with zero attached hydrogens (tertiary/aromatic N) is 1. The van der Waals surface area contributed by atoms with E-state index < -0.39 is 0 Å². The smallest absolute Gasteiger partial charge is 0.179 e. The molecule has 0 aliphatic heterocycles. The molecule has 1 heterocycles. The third kappa shape index (κ3) is 3.46. The number of carbonyl (C=O) groups is 1. The van der Waals surface area contributed by atoms with E-state index in [9.17, 15) is 4.79 Å². The number of alkyl halides is 1. The van der Waals surface area contributed by atoms with Crippen molar-refractivity contribution in [2.24, 2.45) is 11.8 Å². The van der Waals surface area contributed by atoms with Crippen LogP contribution in [-0.4, -0.2) is 16.2 Å². The first-order valence-electron chi connectivity index (χ1n) is 7.78. The fourth-order valence-corrected chi connectivity index (χ4v) is 3.57. The van der Waals surface area contributed by atoms with E-state index in [0.717, 1.165) is 29.6 Å². The van der Waals surface area contributed by atoms with Gasteiger partial charge in [-0.2, -0.15) is 0 Å². The maximum Gasteiger partial charge on any atom is 0.179 e. The molecule has 1 aromatic rings. The summed E-state index contributed by atoms with van der Waals surface area (Å²) in [6.07, 6.45) is 6.73. The molecule has 2 nitrogen and oxygen atoms in total. The molecule has 1 saturated carbocycles. The highest BCUT2D eigenvalue weighted by atomic mass is 35.5. The Kier molecular flexibility index (Phi) is 5.31. The molecule has 20 heavy (non-hydrogen) atoms. The molecule has 0 N–H and O–H groups in total. The van der Waals surface area contributed by atoms with Gasteiger partial charge in [0, 0.05) is 23.5 Å². The largest absolute Gasteiger partial charge is 0.348 e. The van der Waals surface area contributed by atoms with Gasteiger partial charge >= 0.3 is 0 Å². The molecule has 112 valence electrons. The van der Waals surface area contributed by atoms with Crippen LogP contribution in [0.5, 0.6) is 0 Å². The van der Waals surface area contributed by atoms with Gasteiger partial charge in [0.2, 0.25) is 0 Å². The van der Waals surface area contributed by atoms with Crippen molar-refractivity contribution in [2.45, 2.75) is 59.4 Å². The summed E-state index contributed by atoms with van der Waals surface area (Å²) in [6.45, 7) is 7.52. The van der Waals surface area contributed by atoms with Crippen LogP contribution in [0.3, 0.4) is 0 Å². The van der Waals surface area contributed by atoms with Gasteiger partial charge in [0.25, 0.3) is 0 Å². The molecule has 0 aromatic carbocycles. The predicted octanol–water partition coefficient (Wildman–Crippen LogP) is 4.74. The van der Waals surface area contributed by atoms with Crippen molar-refractivity contribution in [3.8, 4) is 0 Å². The lowest BCUT2D eigenvalue weighted by molar-refractivity contribution is 0.102. The third-order valence-corrected chi connectivity index (χ3v) is 5.13.